The molecular formula is C22H19N3O2. The van der Waals surface area contributed by atoms with Crippen molar-refractivity contribution in [1.82, 2.24) is 9.38 Å². The summed E-state index contributed by atoms with van der Waals surface area (Å²) in [5.41, 5.74) is 3.50. The predicted molar refractivity (Wildman–Crippen MR) is 106 cm³/mol. The van der Waals surface area contributed by atoms with E-state index in [0.717, 1.165) is 22.6 Å². The van der Waals surface area contributed by atoms with E-state index < -0.39 is 6.10 Å². The Labute approximate surface area is 157 Å². The van der Waals surface area contributed by atoms with Gasteiger partial charge in [0.05, 0.1) is 5.69 Å². The van der Waals surface area contributed by atoms with Crippen LogP contribution < -0.4 is 10.1 Å². The van der Waals surface area contributed by atoms with E-state index in [0.29, 0.717) is 5.75 Å². The summed E-state index contributed by atoms with van der Waals surface area (Å²) in [5, 5.41) is 2.88. The second-order valence-corrected chi connectivity index (χ2v) is 6.23. The molecule has 2 aromatic carbocycles. The first-order valence-electron chi connectivity index (χ1n) is 8.76. The molecular weight excluding hydrogens is 338 g/mol. The van der Waals surface area contributed by atoms with Crippen LogP contribution in [0, 0.1) is 0 Å². The van der Waals surface area contributed by atoms with Crippen molar-refractivity contribution in [1.29, 1.82) is 0 Å². The smallest absolute Gasteiger partial charge is 0.265 e. The molecule has 27 heavy (non-hydrogen) atoms. The largest absolute Gasteiger partial charge is 0.481 e. The summed E-state index contributed by atoms with van der Waals surface area (Å²) in [7, 11) is 0. The molecule has 0 unspecified atom stereocenters. The summed E-state index contributed by atoms with van der Waals surface area (Å²) in [5.74, 6) is 0.474. The predicted octanol–water partition coefficient (Wildman–Crippen LogP) is 4.41. The molecule has 4 rings (SSSR count). The second kappa shape index (κ2) is 7.33. The number of fused-ring (bicyclic) bond motifs is 1. The maximum Gasteiger partial charge on any atom is 0.265 e. The molecule has 0 radical (unpaired) electrons. The number of nitrogens with zero attached hydrogens (tertiary/aromatic N) is 2. The van der Waals surface area contributed by atoms with Crippen LogP contribution in [0.2, 0.25) is 0 Å². The molecule has 2 aromatic heterocycles. The lowest BCUT2D eigenvalue weighted by atomic mass is 10.1. The van der Waals surface area contributed by atoms with Gasteiger partial charge in [-0.1, -0.05) is 36.4 Å². The minimum atomic E-state index is -0.592. The third kappa shape index (κ3) is 3.82. The van der Waals surface area contributed by atoms with Crippen molar-refractivity contribution in [3.8, 4) is 17.0 Å². The quantitative estimate of drug-likeness (QED) is 0.576. The highest BCUT2D eigenvalue weighted by molar-refractivity contribution is 5.94. The van der Waals surface area contributed by atoms with E-state index >= 15 is 0 Å². The molecule has 0 saturated heterocycles. The average molecular weight is 357 g/mol. The monoisotopic (exact) mass is 357 g/mol. The van der Waals surface area contributed by atoms with Gasteiger partial charge in [-0.15, -0.1) is 0 Å². The Bertz CT molecular complexity index is 1020. The van der Waals surface area contributed by atoms with Gasteiger partial charge in [0.15, 0.2) is 6.10 Å². The molecule has 0 bridgehead atoms. The van der Waals surface area contributed by atoms with Gasteiger partial charge in [-0.3, -0.25) is 4.79 Å². The van der Waals surface area contributed by atoms with Gasteiger partial charge < -0.3 is 14.5 Å². The van der Waals surface area contributed by atoms with Crippen molar-refractivity contribution in [2.75, 3.05) is 5.32 Å². The van der Waals surface area contributed by atoms with Gasteiger partial charge in [-0.25, -0.2) is 4.98 Å². The number of hydrogen-bond acceptors (Lipinski definition) is 3. The normalized spacial score (nSPS) is 11.9. The lowest BCUT2D eigenvalue weighted by molar-refractivity contribution is -0.122. The fraction of sp³-hybridized carbons (Fsp3) is 0.0909. The van der Waals surface area contributed by atoms with Crippen LogP contribution >= 0.6 is 0 Å². The Morgan fingerprint density at radius 3 is 2.48 bits per heavy atom. The van der Waals surface area contributed by atoms with Crippen LogP contribution in [-0.2, 0) is 4.79 Å². The Morgan fingerprint density at radius 1 is 1.00 bits per heavy atom. The number of carbonyl (C=O) groups excluding carboxylic acids is 1. The van der Waals surface area contributed by atoms with Gasteiger partial charge in [-0.05, 0) is 43.3 Å². The molecule has 0 aliphatic heterocycles. The van der Waals surface area contributed by atoms with E-state index in [1.165, 1.54) is 0 Å². The highest BCUT2D eigenvalue weighted by atomic mass is 16.5. The number of carbonyl (C=O) groups is 1. The van der Waals surface area contributed by atoms with Crippen LogP contribution in [0.5, 0.6) is 5.75 Å². The topological polar surface area (TPSA) is 55.6 Å². The number of para-hydroxylation sites is 1. The Balaban J connectivity index is 1.43. The summed E-state index contributed by atoms with van der Waals surface area (Å²) in [6.07, 6.45) is 3.36. The lowest BCUT2D eigenvalue weighted by Crippen LogP contribution is -2.30. The second-order valence-electron chi connectivity index (χ2n) is 6.23. The summed E-state index contributed by atoms with van der Waals surface area (Å²) in [6, 6.07) is 22.8. The Hall–Kier alpha value is -3.60. The molecule has 4 aromatic rings. The molecule has 0 saturated carbocycles. The van der Waals surface area contributed by atoms with Crippen LogP contribution in [0.3, 0.4) is 0 Å². The number of hydrogen-bond donors (Lipinski definition) is 1. The summed E-state index contributed by atoms with van der Waals surface area (Å²) < 4.78 is 7.63. The van der Waals surface area contributed by atoms with Crippen LogP contribution in [0.4, 0.5) is 5.69 Å². The van der Waals surface area contributed by atoms with Crippen molar-refractivity contribution >= 4 is 17.2 Å². The molecule has 0 aliphatic rings. The Morgan fingerprint density at radius 2 is 1.74 bits per heavy atom. The SMILES string of the molecule is C[C@@H](Oc1ccccc1)C(=O)Nc1ccc(-c2cn3ccccc3n2)cc1. The third-order valence-corrected chi connectivity index (χ3v) is 4.24. The minimum absolute atomic E-state index is 0.195. The van der Waals surface area contributed by atoms with Crippen molar-refractivity contribution in [2.24, 2.45) is 0 Å². The molecule has 1 N–H and O–H groups in total. The van der Waals surface area contributed by atoms with Crippen molar-refractivity contribution in [2.45, 2.75) is 13.0 Å². The molecule has 2 heterocycles. The zero-order valence-corrected chi connectivity index (χ0v) is 14.9. The lowest BCUT2D eigenvalue weighted by Gasteiger charge is -2.14. The molecule has 5 heteroatoms. The molecule has 134 valence electrons. The standard InChI is InChI=1S/C22H19N3O2/c1-16(27-19-7-3-2-4-8-19)22(26)23-18-12-10-17(11-13-18)20-15-25-14-6-5-9-21(25)24-20/h2-16H,1H3,(H,23,26)/t16-/m1/s1. The highest BCUT2D eigenvalue weighted by Gasteiger charge is 2.15. The number of pyridine rings is 1. The number of nitrogens with one attached hydrogen (secondary N) is 1. The maximum atomic E-state index is 12.3. The summed E-state index contributed by atoms with van der Waals surface area (Å²) in [6.45, 7) is 1.73. The molecule has 1 atom stereocenters. The zero-order chi connectivity index (χ0) is 18.6. The summed E-state index contributed by atoms with van der Waals surface area (Å²) >= 11 is 0. The van der Waals surface area contributed by atoms with E-state index in [1.54, 1.807) is 6.92 Å². The third-order valence-electron chi connectivity index (χ3n) is 4.24. The minimum Gasteiger partial charge on any atom is -0.481 e. The number of anilines is 1. The molecule has 0 aliphatic carbocycles. The molecule has 5 nitrogen and oxygen atoms in total. The van der Waals surface area contributed by atoms with Crippen molar-refractivity contribution in [3.63, 3.8) is 0 Å². The van der Waals surface area contributed by atoms with Gasteiger partial charge in [0.25, 0.3) is 5.91 Å². The fourth-order valence-electron chi connectivity index (χ4n) is 2.80. The number of imidazole rings is 1. The number of ether oxygens (including phenoxy) is 1. The van der Waals surface area contributed by atoms with E-state index in [-0.39, 0.29) is 5.91 Å². The molecule has 0 spiro atoms. The first-order valence-corrected chi connectivity index (χ1v) is 8.76. The van der Waals surface area contributed by atoms with E-state index in [2.05, 4.69) is 10.3 Å². The van der Waals surface area contributed by atoms with Gasteiger partial charge in [0.2, 0.25) is 0 Å². The molecule has 1 amide bonds. The maximum absolute atomic E-state index is 12.3. The van der Waals surface area contributed by atoms with Gasteiger partial charge in [-0.2, -0.15) is 0 Å². The van der Waals surface area contributed by atoms with Crippen LogP contribution in [0.1, 0.15) is 6.92 Å². The van der Waals surface area contributed by atoms with Gasteiger partial charge in [0, 0.05) is 23.6 Å². The number of amides is 1. The van der Waals surface area contributed by atoms with E-state index in [1.807, 2.05) is 89.6 Å². The first-order chi connectivity index (χ1) is 13.2. The number of aromatic nitrogens is 2. The zero-order valence-electron chi connectivity index (χ0n) is 14.9. The number of rotatable bonds is 5. The average Bonchev–Trinajstić information content (AvgIpc) is 3.13. The van der Waals surface area contributed by atoms with Gasteiger partial charge in [0.1, 0.15) is 11.4 Å². The highest BCUT2D eigenvalue weighted by Crippen LogP contribution is 2.21. The summed E-state index contributed by atoms with van der Waals surface area (Å²) in [4.78, 5) is 16.9. The molecule has 0 fully saturated rings. The fourth-order valence-corrected chi connectivity index (χ4v) is 2.80. The van der Waals surface area contributed by atoms with Gasteiger partial charge >= 0.3 is 0 Å². The van der Waals surface area contributed by atoms with Crippen molar-refractivity contribution in [3.05, 3.63) is 85.2 Å². The van der Waals surface area contributed by atoms with E-state index in [4.69, 9.17) is 4.74 Å². The van der Waals surface area contributed by atoms with Crippen LogP contribution in [0.15, 0.2) is 85.2 Å². The van der Waals surface area contributed by atoms with Crippen LogP contribution in [-0.4, -0.2) is 21.4 Å². The Kier molecular flexibility index (Phi) is 4.58. The first kappa shape index (κ1) is 16.8. The van der Waals surface area contributed by atoms with E-state index in [9.17, 15) is 4.79 Å². The number of benzene rings is 2. The van der Waals surface area contributed by atoms with Crippen molar-refractivity contribution < 1.29 is 9.53 Å². The van der Waals surface area contributed by atoms with Crippen LogP contribution in [0.25, 0.3) is 16.9 Å².